The van der Waals surface area contributed by atoms with Gasteiger partial charge in [0.2, 0.25) is 5.91 Å². The van der Waals surface area contributed by atoms with Crippen molar-refractivity contribution < 1.29 is 13.9 Å². The molecule has 1 saturated heterocycles. The standard InChI is InChI=1S/C27H37FN2O2/c1-18(2)27(31)30(19(3)4)16-22-15-29(14-21-13-20(5)11-12-25(21)28)17-24(22)23-9-7-8-10-26(23)32-6/h7-13,18-19,22,24H,14-17H2,1-6H3. The van der Waals surface area contributed by atoms with Crippen molar-refractivity contribution in [3.8, 4) is 5.75 Å². The number of carbonyl (C=O) groups is 1. The third-order valence-electron chi connectivity index (χ3n) is 6.48. The maximum absolute atomic E-state index is 14.5. The van der Waals surface area contributed by atoms with E-state index in [0.29, 0.717) is 13.1 Å². The van der Waals surface area contributed by atoms with Crippen molar-refractivity contribution in [1.82, 2.24) is 9.80 Å². The summed E-state index contributed by atoms with van der Waals surface area (Å²) in [4.78, 5) is 17.3. The zero-order valence-electron chi connectivity index (χ0n) is 20.3. The molecular formula is C27H37FN2O2. The molecule has 1 aliphatic rings. The summed E-state index contributed by atoms with van der Waals surface area (Å²) in [5, 5.41) is 0. The molecule has 0 spiro atoms. The van der Waals surface area contributed by atoms with Crippen LogP contribution in [-0.2, 0) is 11.3 Å². The van der Waals surface area contributed by atoms with Gasteiger partial charge in [-0.2, -0.15) is 0 Å². The van der Waals surface area contributed by atoms with Gasteiger partial charge in [0.1, 0.15) is 11.6 Å². The zero-order valence-corrected chi connectivity index (χ0v) is 20.3. The minimum absolute atomic E-state index is 0.0407. The molecule has 0 bridgehead atoms. The van der Waals surface area contributed by atoms with E-state index in [-0.39, 0.29) is 35.5 Å². The number of ether oxygens (including phenoxy) is 1. The van der Waals surface area contributed by atoms with Gasteiger partial charge in [0, 0.05) is 49.6 Å². The molecule has 0 saturated carbocycles. The summed E-state index contributed by atoms with van der Waals surface area (Å²) < 4.78 is 20.1. The average Bonchev–Trinajstić information content (AvgIpc) is 3.15. The summed E-state index contributed by atoms with van der Waals surface area (Å²) in [6, 6.07) is 13.6. The number of halogens is 1. The van der Waals surface area contributed by atoms with Crippen LogP contribution in [0.2, 0.25) is 0 Å². The number of hydrogen-bond donors (Lipinski definition) is 0. The Bertz CT molecular complexity index is 928. The van der Waals surface area contributed by atoms with Crippen molar-refractivity contribution in [3.05, 3.63) is 65.0 Å². The Morgan fingerprint density at radius 2 is 1.88 bits per heavy atom. The molecule has 174 valence electrons. The van der Waals surface area contributed by atoms with Gasteiger partial charge in [0.25, 0.3) is 0 Å². The SMILES string of the molecule is COc1ccccc1C1CN(Cc2cc(C)ccc2F)CC1CN(C(=O)C(C)C)C(C)C. The molecule has 2 unspecified atom stereocenters. The van der Waals surface area contributed by atoms with Crippen LogP contribution >= 0.6 is 0 Å². The van der Waals surface area contributed by atoms with E-state index in [1.54, 1.807) is 19.2 Å². The molecule has 4 nitrogen and oxygen atoms in total. The van der Waals surface area contributed by atoms with Crippen molar-refractivity contribution in [3.63, 3.8) is 0 Å². The minimum atomic E-state index is -0.160. The second-order valence-corrected chi connectivity index (χ2v) is 9.64. The smallest absolute Gasteiger partial charge is 0.225 e. The molecule has 3 rings (SSSR count). The van der Waals surface area contributed by atoms with Crippen LogP contribution in [0.25, 0.3) is 0 Å². The molecule has 1 aliphatic heterocycles. The Kier molecular flexibility index (Phi) is 7.94. The average molecular weight is 441 g/mol. The van der Waals surface area contributed by atoms with Crippen LogP contribution in [0.4, 0.5) is 4.39 Å². The highest BCUT2D eigenvalue weighted by Crippen LogP contribution is 2.39. The van der Waals surface area contributed by atoms with E-state index in [1.165, 1.54) is 0 Å². The van der Waals surface area contributed by atoms with Crippen molar-refractivity contribution in [1.29, 1.82) is 0 Å². The van der Waals surface area contributed by atoms with Gasteiger partial charge in [-0.1, -0.05) is 49.7 Å². The lowest BCUT2D eigenvalue weighted by Gasteiger charge is -2.33. The highest BCUT2D eigenvalue weighted by molar-refractivity contribution is 5.78. The van der Waals surface area contributed by atoms with E-state index in [2.05, 4.69) is 24.8 Å². The number of likely N-dealkylation sites (tertiary alicyclic amines) is 1. The zero-order chi connectivity index (χ0) is 23.4. The number of aryl methyl sites for hydroxylation is 1. The van der Waals surface area contributed by atoms with Crippen LogP contribution in [0.3, 0.4) is 0 Å². The second-order valence-electron chi connectivity index (χ2n) is 9.64. The van der Waals surface area contributed by atoms with Gasteiger partial charge in [-0.25, -0.2) is 4.39 Å². The quantitative estimate of drug-likeness (QED) is 0.562. The summed E-state index contributed by atoms with van der Waals surface area (Å²) in [6.45, 7) is 12.9. The molecule has 1 fully saturated rings. The number of methoxy groups -OCH3 is 1. The van der Waals surface area contributed by atoms with Gasteiger partial charge >= 0.3 is 0 Å². The molecule has 0 aliphatic carbocycles. The van der Waals surface area contributed by atoms with Crippen LogP contribution in [0.15, 0.2) is 42.5 Å². The van der Waals surface area contributed by atoms with Crippen LogP contribution in [0, 0.1) is 24.6 Å². The van der Waals surface area contributed by atoms with Gasteiger partial charge in [0.15, 0.2) is 0 Å². The van der Waals surface area contributed by atoms with E-state index in [4.69, 9.17) is 4.74 Å². The van der Waals surface area contributed by atoms with E-state index >= 15 is 0 Å². The lowest BCUT2D eigenvalue weighted by atomic mass is 9.87. The normalized spacial score (nSPS) is 19.0. The molecule has 1 heterocycles. The van der Waals surface area contributed by atoms with Crippen molar-refractivity contribution in [2.24, 2.45) is 11.8 Å². The topological polar surface area (TPSA) is 32.8 Å². The van der Waals surface area contributed by atoms with Gasteiger partial charge in [-0.3, -0.25) is 9.69 Å². The fraction of sp³-hybridized carbons (Fsp3) is 0.519. The lowest BCUT2D eigenvalue weighted by Crippen LogP contribution is -2.43. The number of amides is 1. The number of carbonyl (C=O) groups excluding carboxylic acids is 1. The first-order valence-corrected chi connectivity index (χ1v) is 11.6. The summed E-state index contributed by atoms with van der Waals surface area (Å²) in [5.41, 5.74) is 2.95. The van der Waals surface area contributed by atoms with Gasteiger partial charge in [-0.05, 0) is 44.4 Å². The molecule has 0 N–H and O–H groups in total. The molecule has 1 amide bonds. The number of nitrogens with zero attached hydrogens (tertiary/aromatic N) is 2. The highest BCUT2D eigenvalue weighted by atomic mass is 19.1. The monoisotopic (exact) mass is 440 g/mol. The number of rotatable bonds is 8. The molecule has 2 atom stereocenters. The third-order valence-corrected chi connectivity index (χ3v) is 6.48. The summed E-state index contributed by atoms with van der Waals surface area (Å²) in [5.74, 6) is 1.30. The number of hydrogen-bond acceptors (Lipinski definition) is 3. The maximum atomic E-state index is 14.5. The van der Waals surface area contributed by atoms with E-state index in [1.807, 2.05) is 49.9 Å². The molecule has 32 heavy (non-hydrogen) atoms. The van der Waals surface area contributed by atoms with Crippen molar-refractivity contribution >= 4 is 5.91 Å². The summed E-state index contributed by atoms with van der Waals surface area (Å²) in [6.07, 6.45) is 0. The Hall–Kier alpha value is -2.40. The van der Waals surface area contributed by atoms with Crippen LogP contribution < -0.4 is 4.74 Å². The Balaban J connectivity index is 1.90. The molecule has 2 aromatic rings. The molecule has 2 aromatic carbocycles. The van der Waals surface area contributed by atoms with Crippen molar-refractivity contribution in [2.75, 3.05) is 26.7 Å². The second kappa shape index (κ2) is 10.5. The third kappa shape index (κ3) is 5.50. The number of para-hydroxylation sites is 1. The minimum Gasteiger partial charge on any atom is -0.496 e. The van der Waals surface area contributed by atoms with Gasteiger partial charge in [0.05, 0.1) is 7.11 Å². The summed E-state index contributed by atoms with van der Waals surface area (Å²) in [7, 11) is 1.70. The van der Waals surface area contributed by atoms with Crippen LogP contribution in [0.1, 0.15) is 50.3 Å². The largest absolute Gasteiger partial charge is 0.496 e. The summed E-state index contributed by atoms with van der Waals surface area (Å²) >= 11 is 0. The highest BCUT2D eigenvalue weighted by Gasteiger charge is 2.38. The first-order valence-electron chi connectivity index (χ1n) is 11.6. The molecular weight excluding hydrogens is 403 g/mol. The van der Waals surface area contributed by atoms with E-state index in [0.717, 1.165) is 35.5 Å². The first kappa shape index (κ1) is 24.2. The van der Waals surface area contributed by atoms with E-state index < -0.39 is 0 Å². The van der Waals surface area contributed by atoms with Gasteiger partial charge < -0.3 is 9.64 Å². The fourth-order valence-electron chi connectivity index (χ4n) is 4.80. The predicted molar refractivity (Wildman–Crippen MR) is 127 cm³/mol. The van der Waals surface area contributed by atoms with Crippen molar-refractivity contribution in [2.45, 2.75) is 53.1 Å². The van der Waals surface area contributed by atoms with E-state index in [9.17, 15) is 9.18 Å². The fourth-order valence-corrected chi connectivity index (χ4v) is 4.80. The Morgan fingerprint density at radius 1 is 1.16 bits per heavy atom. The Labute approximate surface area is 192 Å². The molecule has 0 radical (unpaired) electrons. The van der Waals surface area contributed by atoms with Crippen LogP contribution in [-0.4, -0.2) is 48.5 Å². The number of benzene rings is 2. The predicted octanol–water partition coefficient (Wildman–Crippen LogP) is 5.25. The van der Waals surface area contributed by atoms with Crippen LogP contribution in [0.5, 0.6) is 5.75 Å². The first-order chi connectivity index (χ1) is 15.2. The molecule has 0 aromatic heterocycles. The lowest BCUT2D eigenvalue weighted by molar-refractivity contribution is -0.136. The maximum Gasteiger partial charge on any atom is 0.225 e. The van der Waals surface area contributed by atoms with Gasteiger partial charge in [-0.15, -0.1) is 0 Å². The Morgan fingerprint density at radius 3 is 2.53 bits per heavy atom. The molecule has 5 heteroatoms.